The highest BCUT2D eigenvalue weighted by Crippen LogP contribution is 2.35. The van der Waals surface area contributed by atoms with Crippen LogP contribution in [-0.2, 0) is 0 Å². The van der Waals surface area contributed by atoms with Gasteiger partial charge < -0.3 is 14.6 Å². The first-order valence-electron chi connectivity index (χ1n) is 6.83. The standard InChI is InChI=1S/C16H14N2O3/c19-16(12-10-17-18-6-2-1-3-13(12)18)11-4-5-14-15(9-11)21-8-7-20-14/h1-6,9-10,16,19H,7-8H2. The van der Waals surface area contributed by atoms with Crippen molar-refractivity contribution in [3.05, 3.63) is 59.9 Å². The molecule has 0 saturated heterocycles. The van der Waals surface area contributed by atoms with Crippen LogP contribution in [0.25, 0.3) is 5.52 Å². The fourth-order valence-electron chi connectivity index (χ4n) is 2.57. The third-order valence-corrected chi connectivity index (χ3v) is 3.63. The number of hydrogen-bond donors (Lipinski definition) is 1. The van der Waals surface area contributed by atoms with Crippen molar-refractivity contribution in [2.75, 3.05) is 13.2 Å². The molecule has 0 aliphatic carbocycles. The minimum atomic E-state index is -0.749. The maximum absolute atomic E-state index is 10.6. The fourth-order valence-corrected chi connectivity index (χ4v) is 2.57. The maximum Gasteiger partial charge on any atom is 0.161 e. The highest BCUT2D eigenvalue weighted by atomic mass is 16.6. The summed E-state index contributed by atoms with van der Waals surface area (Å²) in [5, 5.41) is 14.9. The van der Waals surface area contributed by atoms with Crippen molar-refractivity contribution in [1.29, 1.82) is 0 Å². The third kappa shape index (κ3) is 2.02. The van der Waals surface area contributed by atoms with Crippen LogP contribution >= 0.6 is 0 Å². The lowest BCUT2D eigenvalue weighted by Gasteiger charge is -2.20. The van der Waals surface area contributed by atoms with E-state index in [1.165, 1.54) is 0 Å². The zero-order valence-corrected chi connectivity index (χ0v) is 11.3. The average Bonchev–Trinajstić information content (AvgIpc) is 2.98. The summed E-state index contributed by atoms with van der Waals surface area (Å²) in [5.41, 5.74) is 2.42. The van der Waals surface area contributed by atoms with Crippen LogP contribution in [0, 0.1) is 0 Å². The van der Waals surface area contributed by atoms with E-state index in [1.807, 2.05) is 42.6 Å². The molecule has 0 radical (unpaired) electrons. The minimum absolute atomic E-state index is 0.531. The molecular weight excluding hydrogens is 268 g/mol. The van der Waals surface area contributed by atoms with Gasteiger partial charge in [0, 0.05) is 11.8 Å². The van der Waals surface area contributed by atoms with Crippen molar-refractivity contribution in [2.24, 2.45) is 0 Å². The first-order valence-corrected chi connectivity index (χ1v) is 6.83. The van der Waals surface area contributed by atoms with Gasteiger partial charge in [0.1, 0.15) is 19.3 Å². The lowest BCUT2D eigenvalue weighted by atomic mass is 10.0. The van der Waals surface area contributed by atoms with Gasteiger partial charge in [-0.3, -0.25) is 0 Å². The summed E-state index contributed by atoms with van der Waals surface area (Å²) in [4.78, 5) is 0. The van der Waals surface area contributed by atoms with Crippen LogP contribution in [-0.4, -0.2) is 27.9 Å². The van der Waals surface area contributed by atoms with Crippen LogP contribution < -0.4 is 9.47 Å². The molecule has 0 amide bonds. The zero-order chi connectivity index (χ0) is 14.2. The number of aliphatic hydroxyl groups is 1. The van der Waals surface area contributed by atoms with E-state index in [0.717, 1.165) is 22.4 Å². The van der Waals surface area contributed by atoms with Crippen molar-refractivity contribution in [3.8, 4) is 11.5 Å². The molecule has 0 spiro atoms. The van der Waals surface area contributed by atoms with Gasteiger partial charge in [-0.1, -0.05) is 12.1 Å². The van der Waals surface area contributed by atoms with Crippen LogP contribution in [0.15, 0.2) is 48.8 Å². The summed E-state index contributed by atoms with van der Waals surface area (Å²) in [6, 6.07) is 11.3. The van der Waals surface area contributed by atoms with Crippen LogP contribution in [0.2, 0.25) is 0 Å². The molecule has 0 bridgehead atoms. The van der Waals surface area contributed by atoms with Crippen LogP contribution in [0.4, 0.5) is 0 Å². The Balaban J connectivity index is 1.75. The Labute approximate surface area is 121 Å². The molecule has 1 N–H and O–H groups in total. The zero-order valence-electron chi connectivity index (χ0n) is 11.3. The molecule has 0 saturated carbocycles. The second kappa shape index (κ2) is 4.79. The second-order valence-electron chi connectivity index (χ2n) is 4.94. The van der Waals surface area contributed by atoms with E-state index >= 15 is 0 Å². The lowest BCUT2D eigenvalue weighted by Crippen LogP contribution is -2.15. The number of benzene rings is 1. The Hall–Kier alpha value is -2.53. The molecule has 1 aromatic carbocycles. The number of pyridine rings is 1. The topological polar surface area (TPSA) is 56.0 Å². The molecule has 0 fully saturated rings. The normalized spacial score (nSPS) is 15.1. The van der Waals surface area contributed by atoms with E-state index in [0.29, 0.717) is 19.0 Å². The fraction of sp³-hybridized carbons (Fsp3) is 0.188. The van der Waals surface area contributed by atoms with Crippen LogP contribution in [0.3, 0.4) is 0 Å². The maximum atomic E-state index is 10.6. The summed E-state index contributed by atoms with van der Waals surface area (Å²) < 4.78 is 12.8. The van der Waals surface area contributed by atoms with Gasteiger partial charge in [-0.15, -0.1) is 0 Å². The summed E-state index contributed by atoms with van der Waals surface area (Å²) in [6.07, 6.45) is 2.80. The van der Waals surface area contributed by atoms with E-state index in [1.54, 1.807) is 10.7 Å². The van der Waals surface area contributed by atoms with E-state index in [-0.39, 0.29) is 0 Å². The smallest absolute Gasteiger partial charge is 0.161 e. The molecule has 3 heterocycles. The predicted octanol–water partition coefficient (Wildman–Crippen LogP) is 2.19. The molecule has 1 unspecified atom stereocenters. The van der Waals surface area contributed by atoms with Crippen LogP contribution in [0.5, 0.6) is 11.5 Å². The Morgan fingerprint density at radius 1 is 1.10 bits per heavy atom. The summed E-state index contributed by atoms with van der Waals surface area (Å²) in [5.74, 6) is 1.39. The van der Waals surface area contributed by atoms with Crippen molar-refractivity contribution in [3.63, 3.8) is 0 Å². The molecule has 2 aromatic heterocycles. The number of rotatable bonds is 2. The second-order valence-corrected chi connectivity index (χ2v) is 4.94. The van der Waals surface area contributed by atoms with Gasteiger partial charge >= 0.3 is 0 Å². The third-order valence-electron chi connectivity index (χ3n) is 3.63. The molecule has 3 aromatic rings. The van der Waals surface area contributed by atoms with Gasteiger partial charge in [-0.25, -0.2) is 4.52 Å². The molecule has 5 heteroatoms. The molecule has 1 aliphatic rings. The SMILES string of the molecule is OC(c1ccc2c(c1)OCCO2)c1cnn2ccccc12. The van der Waals surface area contributed by atoms with Crippen molar-refractivity contribution < 1.29 is 14.6 Å². The highest BCUT2D eigenvalue weighted by molar-refractivity contribution is 5.57. The molecule has 21 heavy (non-hydrogen) atoms. The number of fused-ring (bicyclic) bond motifs is 2. The van der Waals surface area contributed by atoms with Crippen LogP contribution in [0.1, 0.15) is 17.2 Å². The molecule has 4 rings (SSSR count). The number of nitrogens with zero attached hydrogens (tertiary/aromatic N) is 2. The number of aromatic nitrogens is 2. The summed E-state index contributed by atoms with van der Waals surface area (Å²) in [7, 11) is 0. The Kier molecular flexibility index (Phi) is 2.79. The molecular formula is C16H14N2O3. The number of ether oxygens (including phenoxy) is 2. The van der Waals surface area contributed by atoms with E-state index in [2.05, 4.69) is 5.10 Å². The van der Waals surface area contributed by atoms with Gasteiger partial charge in [0.05, 0.1) is 11.7 Å². The quantitative estimate of drug-likeness (QED) is 0.783. The van der Waals surface area contributed by atoms with E-state index < -0.39 is 6.10 Å². The summed E-state index contributed by atoms with van der Waals surface area (Å²) >= 11 is 0. The van der Waals surface area contributed by atoms with Gasteiger partial charge in [-0.2, -0.15) is 5.10 Å². The Bertz CT molecular complexity index is 797. The van der Waals surface area contributed by atoms with Gasteiger partial charge in [0.25, 0.3) is 0 Å². The number of hydrogen-bond acceptors (Lipinski definition) is 4. The van der Waals surface area contributed by atoms with Gasteiger partial charge in [-0.05, 0) is 29.8 Å². The summed E-state index contributed by atoms with van der Waals surface area (Å²) in [6.45, 7) is 1.09. The first kappa shape index (κ1) is 12.2. The molecule has 1 aliphatic heterocycles. The monoisotopic (exact) mass is 282 g/mol. The molecule has 106 valence electrons. The Morgan fingerprint density at radius 3 is 2.86 bits per heavy atom. The molecule has 1 atom stereocenters. The minimum Gasteiger partial charge on any atom is -0.486 e. The van der Waals surface area contributed by atoms with E-state index in [9.17, 15) is 5.11 Å². The van der Waals surface area contributed by atoms with Gasteiger partial charge in [0.15, 0.2) is 11.5 Å². The molecule has 5 nitrogen and oxygen atoms in total. The van der Waals surface area contributed by atoms with Crippen molar-refractivity contribution in [1.82, 2.24) is 9.61 Å². The lowest BCUT2D eigenvalue weighted by molar-refractivity contribution is 0.169. The Morgan fingerprint density at radius 2 is 1.95 bits per heavy atom. The predicted molar refractivity (Wildman–Crippen MR) is 76.7 cm³/mol. The largest absolute Gasteiger partial charge is 0.486 e. The van der Waals surface area contributed by atoms with Gasteiger partial charge in [0.2, 0.25) is 0 Å². The van der Waals surface area contributed by atoms with Crippen molar-refractivity contribution in [2.45, 2.75) is 6.10 Å². The van der Waals surface area contributed by atoms with Crippen molar-refractivity contribution >= 4 is 5.52 Å². The number of aliphatic hydroxyl groups excluding tert-OH is 1. The average molecular weight is 282 g/mol. The highest BCUT2D eigenvalue weighted by Gasteiger charge is 2.19. The van der Waals surface area contributed by atoms with E-state index in [4.69, 9.17) is 9.47 Å². The first-order chi connectivity index (χ1) is 10.3.